The van der Waals surface area contributed by atoms with Crippen molar-refractivity contribution in [3.8, 4) is 0 Å². The molecule has 1 saturated carbocycles. The summed E-state index contributed by atoms with van der Waals surface area (Å²) in [5.41, 5.74) is 6.55. The van der Waals surface area contributed by atoms with Crippen LogP contribution in [0.4, 0.5) is 0 Å². The van der Waals surface area contributed by atoms with Crippen molar-refractivity contribution in [1.29, 1.82) is 0 Å². The fourth-order valence-electron chi connectivity index (χ4n) is 2.95. The molecule has 0 aliphatic heterocycles. The SMILES string of the molecule is CCCC(C)(CN)N(C)CC1(N(C)C)CCC1. The van der Waals surface area contributed by atoms with Gasteiger partial charge in [0.15, 0.2) is 0 Å². The van der Waals surface area contributed by atoms with Crippen LogP contribution in [0.25, 0.3) is 0 Å². The molecule has 0 aromatic rings. The molecule has 102 valence electrons. The molecule has 0 aromatic carbocycles. The van der Waals surface area contributed by atoms with Crippen molar-refractivity contribution in [3.63, 3.8) is 0 Å². The summed E-state index contributed by atoms with van der Waals surface area (Å²) in [6.07, 6.45) is 6.42. The van der Waals surface area contributed by atoms with E-state index in [0.29, 0.717) is 5.54 Å². The number of likely N-dealkylation sites (N-methyl/N-ethyl adjacent to an activating group) is 2. The number of hydrogen-bond acceptors (Lipinski definition) is 3. The van der Waals surface area contributed by atoms with Gasteiger partial charge in [-0.2, -0.15) is 0 Å². The normalized spacial score (nSPS) is 22.6. The number of nitrogens with zero attached hydrogens (tertiary/aromatic N) is 2. The molecule has 0 spiro atoms. The predicted octanol–water partition coefficient (Wildman–Crippen LogP) is 1.92. The van der Waals surface area contributed by atoms with Gasteiger partial charge in [0.25, 0.3) is 0 Å². The van der Waals surface area contributed by atoms with Crippen LogP contribution in [0.15, 0.2) is 0 Å². The molecule has 3 heteroatoms. The Bertz CT molecular complexity index is 236. The molecule has 0 heterocycles. The van der Waals surface area contributed by atoms with E-state index in [0.717, 1.165) is 13.1 Å². The minimum atomic E-state index is 0.160. The molecule has 3 nitrogen and oxygen atoms in total. The van der Waals surface area contributed by atoms with Crippen molar-refractivity contribution in [2.75, 3.05) is 34.2 Å². The Morgan fingerprint density at radius 3 is 2.12 bits per heavy atom. The Hall–Kier alpha value is -0.120. The maximum absolute atomic E-state index is 5.99. The Morgan fingerprint density at radius 1 is 1.24 bits per heavy atom. The van der Waals surface area contributed by atoms with Crippen molar-refractivity contribution >= 4 is 0 Å². The van der Waals surface area contributed by atoms with E-state index >= 15 is 0 Å². The molecule has 0 aromatic heterocycles. The molecule has 1 atom stereocenters. The van der Waals surface area contributed by atoms with E-state index < -0.39 is 0 Å². The van der Waals surface area contributed by atoms with Crippen LogP contribution in [-0.4, -0.2) is 55.1 Å². The van der Waals surface area contributed by atoms with Crippen LogP contribution in [0.5, 0.6) is 0 Å². The second-order valence-corrected chi connectivity index (χ2v) is 6.28. The lowest BCUT2D eigenvalue weighted by molar-refractivity contribution is -0.00543. The Balaban J connectivity index is 2.66. The van der Waals surface area contributed by atoms with Gasteiger partial charge in [-0.1, -0.05) is 13.3 Å². The lowest BCUT2D eigenvalue weighted by Crippen LogP contribution is -2.61. The lowest BCUT2D eigenvalue weighted by atomic mass is 9.74. The zero-order chi connectivity index (χ0) is 13.1. The van der Waals surface area contributed by atoms with Gasteiger partial charge in [-0.3, -0.25) is 4.90 Å². The minimum Gasteiger partial charge on any atom is -0.329 e. The molecule has 0 bridgehead atoms. The van der Waals surface area contributed by atoms with Gasteiger partial charge in [0.05, 0.1) is 0 Å². The van der Waals surface area contributed by atoms with Gasteiger partial charge in [-0.25, -0.2) is 0 Å². The van der Waals surface area contributed by atoms with Crippen LogP contribution in [0, 0.1) is 0 Å². The topological polar surface area (TPSA) is 32.5 Å². The summed E-state index contributed by atoms with van der Waals surface area (Å²) in [5, 5.41) is 0. The van der Waals surface area contributed by atoms with E-state index in [1.165, 1.54) is 32.1 Å². The molecule has 0 amide bonds. The average Bonchev–Trinajstić information content (AvgIpc) is 2.22. The standard InChI is InChI=1S/C14H31N3/c1-6-8-13(2,11-15)17(5)12-14(16(3)4)9-7-10-14/h6-12,15H2,1-5H3. The second-order valence-electron chi connectivity index (χ2n) is 6.28. The van der Waals surface area contributed by atoms with Gasteiger partial charge in [0.2, 0.25) is 0 Å². The van der Waals surface area contributed by atoms with Gasteiger partial charge >= 0.3 is 0 Å². The van der Waals surface area contributed by atoms with E-state index in [2.05, 4.69) is 44.8 Å². The fourth-order valence-corrected chi connectivity index (χ4v) is 2.95. The molecule has 1 rings (SSSR count). The summed E-state index contributed by atoms with van der Waals surface area (Å²) < 4.78 is 0. The van der Waals surface area contributed by atoms with Crippen molar-refractivity contribution < 1.29 is 0 Å². The first kappa shape index (κ1) is 14.9. The summed E-state index contributed by atoms with van der Waals surface area (Å²) in [7, 11) is 6.67. The monoisotopic (exact) mass is 241 g/mol. The maximum atomic E-state index is 5.99. The van der Waals surface area contributed by atoms with Gasteiger partial charge in [-0.15, -0.1) is 0 Å². The highest BCUT2D eigenvalue weighted by Crippen LogP contribution is 2.38. The van der Waals surface area contributed by atoms with E-state index in [1.807, 2.05) is 0 Å². The highest BCUT2D eigenvalue weighted by atomic mass is 15.3. The summed E-state index contributed by atoms with van der Waals surface area (Å²) >= 11 is 0. The summed E-state index contributed by atoms with van der Waals surface area (Å²) in [4.78, 5) is 4.91. The van der Waals surface area contributed by atoms with Crippen LogP contribution in [0.2, 0.25) is 0 Å². The average molecular weight is 241 g/mol. The van der Waals surface area contributed by atoms with Gasteiger partial charge in [-0.05, 0) is 53.8 Å². The summed E-state index contributed by atoms with van der Waals surface area (Å²) in [6, 6.07) is 0. The first-order valence-electron chi connectivity index (χ1n) is 6.99. The third-order valence-corrected chi connectivity index (χ3v) is 4.91. The van der Waals surface area contributed by atoms with Crippen molar-refractivity contribution in [3.05, 3.63) is 0 Å². The van der Waals surface area contributed by atoms with Crippen LogP contribution in [-0.2, 0) is 0 Å². The first-order valence-corrected chi connectivity index (χ1v) is 6.99. The first-order chi connectivity index (χ1) is 7.90. The molecule has 1 fully saturated rings. The molecule has 1 unspecified atom stereocenters. The van der Waals surface area contributed by atoms with Crippen LogP contribution in [0.3, 0.4) is 0 Å². The third-order valence-electron chi connectivity index (χ3n) is 4.91. The number of hydrogen-bond donors (Lipinski definition) is 1. The molecule has 0 radical (unpaired) electrons. The number of rotatable bonds is 7. The van der Waals surface area contributed by atoms with Crippen LogP contribution >= 0.6 is 0 Å². The molecule has 2 N–H and O–H groups in total. The summed E-state index contributed by atoms with van der Waals surface area (Å²) in [6.45, 7) is 6.44. The van der Waals surface area contributed by atoms with Crippen LogP contribution < -0.4 is 5.73 Å². The Kier molecular flexibility index (Phi) is 4.99. The highest BCUT2D eigenvalue weighted by Gasteiger charge is 2.42. The predicted molar refractivity (Wildman–Crippen MR) is 75.3 cm³/mol. The zero-order valence-electron chi connectivity index (χ0n) is 12.4. The Labute approximate surface area is 107 Å². The number of nitrogens with two attached hydrogens (primary N) is 1. The molecule has 1 aliphatic carbocycles. The van der Waals surface area contributed by atoms with Crippen molar-refractivity contribution in [2.45, 2.75) is 57.0 Å². The molecule has 1 aliphatic rings. The van der Waals surface area contributed by atoms with Gasteiger partial charge < -0.3 is 10.6 Å². The largest absolute Gasteiger partial charge is 0.329 e. The van der Waals surface area contributed by atoms with Crippen molar-refractivity contribution in [1.82, 2.24) is 9.80 Å². The van der Waals surface area contributed by atoms with Crippen LogP contribution in [0.1, 0.15) is 46.0 Å². The van der Waals surface area contributed by atoms with Gasteiger partial charge in [0, 0.05) is 24.2 Å². The molecule has 17 heavy (non-hydrogen) atoms. The lowest BCUT2D eigenvalue weighted by Gasteiger charge is -2.52. The smallest absolute Gasteiger partial charge is 0.0330 e. The third kappa shape index (κ3) is 3.01. The van der Waals surface area contributed by atoms with E-state index in [9.17, 15) is 0 Å². The van der Waals surface area contributed by atoms with E-state index in [-0.39, 0.29) is 5.54 Å². The van der Waals surface area contributed by atoms with E-state index in [1.54, 1.807) is 0 Å². The molecule has 0 saturated heterocycles. The van der Waals surface area contributed by atoms with E-state index in [4.69, 9.17) is 5.73 Å². The highest BCUT2D eigenvalue weighted by molar-refractivity contribution is 5.00. The maximum Gasteiger partial charge on any atom is 0.0330 e. The second kappa shape index (κ2) is 5.68. The zero-order valence-corrected chi connectivity index (χ0v) is 12.4. The fraction of sp³-hybridized carbons (Fsp3) is 1.00. The van der Waals surface area contributed by atoms with Gasteiger partial charge in [0.1, 0.15) is 0 Å². The van der Waals surface area contributed by atoms with Crippen molar-refractivity contribution in [2.24, 2.45) is 5.73 Å². The summed E-state index contributed by atoms with van der Waals surface area (Å²) in [5.74, 6) is 0. The Morgan fingerprint density at radius 2 is 1.82 bits per heavy atom. The minimum absolute atomic E-state index is 0.160. The molecular formula is C14H31N3. The quantitative estimate of drug-likeness (QED) is 0.739. The molecular weight excluding hydrogens is 210 g/mol.